The molecule has 0 saturated heterocycles. The number of unbranched alkanes of at least 4 members (excludes halogenated alkanes) is 1. The molecule has 3 rings (SSSR count). The molecule has 1 amide bonds. The summed E-state index contributed by atoms with van der Waals surface area (Å²) in [6, 6.07) is 7.73. The molecular formula is C22H27N5O2S2. The van der Waals surface area contributed by atoms with Crippen molar-refractivity contribution in [3.63, 3.8) is 0 Å². The minimum Gasteiger partial charge on any atom is -0.497 e. The molecule has 0 fully saturated rings. The van der Waals surface area contributed by atoms with Gasteiger partial charge in [-0.05, 0) is 37.6 Å². The minimum absolute atomic E-state index is 0.122. The molecule has 1 aromatic carbocycles. The fourth-order valence-corrected chi connectivity index (χ4v) is 4.63. The number of amides is 1. The topological polar surface area (TPSA) is 81.9 Å². The number of nitrogens with one attached hydrogen (secondary N) is 1. The Kier molecular flexibility index (Phi) is 8.25. The molecule has 0 bridgehead atoms. The molecule has 9 heteroatoms. The summed E-state index contributed by atoms with van der Waals surface area (Å²) in [5, 5.41) is 12.8. The summed E-state index contributed by atoms with van der Waals surface area (Å²) < 4.78 is 7.23. The summed E-state index contributed by atoms with van der Waals surface area (Å²) in [6.45, 7) is 8.59. The Morgan fingerprint density at radius 1 is 1.32 bits per heavy atom. The summed E-state index contributed by atoms with van der Waals surface area (Å²) >= 11 is 2.84. The molecule has 2 aromatic heterocycles. The van der Waals surface area contributed by atoms with Gasteiger partial charge >= 0.3 is 0 Å². The van der Waals surface area contributed by atoms with E-state index >= 15 is 0 Å². The number of benzene rings is 1. The highest BCUT2D eigenvalue weighted by Crippen LogP contribution is 2.31. The third-order valence-electron chi connectivity index (χ3n) is 4.60. The number of nitrogens with zero attached hydrogens (tertiary/aromatic N) is 4. The molecular weight excluding hydrogens is 430 g/mol. The van der Waals surface area contributed by atoms with Gasteiger partial charge in [-0.3, -0.25) is 4.79 Å². The number of hydrogen-bond donors (Lipinski definition) is 1. The third kappa shape index (κ3) is 5.95. The lowest BCUT2D eigenvalue weighted by Crippen LogP contribution is -2.14. The number of rotatable bonds is 11. The van der Waals surface area contributed by atoms with Gasteiger partial charge in [0.1, 0.15) is 11.6 Å². The van der Waals surface area contributed by atoms with E-state index in [1.807, 2.05) is 41.8 Å². The van der Waals surface area contributed by atoms with E-state index in [0.717, 1.165) is 52.1 Å². The summed E-state index contributed by atoms with van der Waals surface area (Å²) in [5.41, 5.74) is 1.85. The van der Waals surface area contributed by atoms with E-state index < -0.39 is 0 Å². The Labute approximate surface area is 191 Å². The first-order chi connectivity index (χ1) is 15.0. The van der Waals surface area contributed by atoms with Crippen molar-refractivity contribution in [3.8, 4) is 17.0 Å². The molecule has 2 heterocycles. The molecule has 31 heavy (non-hydrogen) atoms. The number of carbonyl (C=O) groups is 1. The average molecular weight is 458 g/mol. The Balaban J connectivity index is 1.62. The van der Waals surface area contributed by atoms with Gasteiger partial charge in [0.15, 0.2) is 10.3 Å². The summed E-state index contributed by atoms with van der Waals surface area (Å²) in [7, 11) is 1.64. The number of methoxy groups -OCH3 is 1. The van der Waals surface area contributed by atoms with E-state index in [9.17, 15) is 4.79 Å². The Bertz CT molecular complexity index is 1030. The second kappa shape index (κ2) is 11.1. The molecule has 1 N–H and O–H groups in total. The maximum atomic E-state index is 12.5. The van der Waals surface area contributed by atoms with Crippen LogP contribution in [0.2, 0.25) is 0 Å². The van der Waals surface area contributed by atoms with Crippen LogP contribution in [0.3, 0.4) is 0 Å². The standard InChI is InChI=1S/C22H27N5O2S2/c1-5-7-8-18-25-26-22(27(18)13-6-2)30-14-19(28)23-21-24-20(15(3)31-21)16-9-11-17(29-4)12-10-16/h6,9-12H,2,5,7-8,13-14H2,1,3-4H3,(H,23,24,28). The van der Waals surface area contributed by atoms with Crippen LogP contribution in [-0.2, 0) is 17.8 Å². The van der Waals surface area contributed by atoms with Gasteiger partial charge in [-0.25, -0.2) is 4.98 Å². The van der Waals surface area contributed by atoms with Gasteiger partial charge in [-0.1, -0.05) is 31.2 Å². The quantitative estimate of drug-likeness (QED) is 0.323. The van der Waals surface area contributed by atoms with Crippen molar-refractivity contribution < 1.29 is 9.53 Å². The molecule has 0 spiro atoms. The smallest absolute Gasteiger partial charge is 0.236 e. The van der Waals surface area contributed by atoms with Crippen LogP contribution in [0.1, 0.15) is 30.5 Å². The van der Waals surface area contributed by atoms with Gasteiger partial charge in [0.05, 0.1) is 18.6 Å². The van der Waals surface area contributed by atoms with Crippen molar-refractivity contribution in [2.75, 3.05) is 18.2 Å². The normalized spacial score (nSPS) is 10.8. The highest BCUT2D eigenvalue weighted by atomic mass is 32.2. The van der Waals surface area contributed by atoms with Gasteiger partial charge in [0.25, 0.3) is 0 Å². The first-order valence-corrected chi connectivity index (χ1v) is 11.9. The first kappa shape index (κ1) is 23.0. The molecule has 0 radical (unpaired) electrons. The Hall–Kier alpha value is -2.65. The number of carbonyl (C=O) groups excluding carboxylic acids is 1. The second-order valence-electron chi connectivity index (χ2n) is 6.89. The maximum Gasteiger partial charge on any atom is 0.236 e. The van der Waals surface area contributed by atoms with Crippen molar-refractivity contribution >= 4 is 34.1 Å². The molecule has 7 nitrogen and oxygen atoms in total. The fraction of sp³-hybridized carbons (Fsp3) is 0.364. The van der Waals surface area contributed by atoms with E-state index in [1.54, 1.807) is 7.11 Å². The van der Waals surface area contributed by atoms with Crippen molar-refractivity contribution in [3.05, 3.63) is 47.6 Å². The lowest BCUT2D eigenvalue weighted by Gasteiger charge is -2.07. The lowest BCUT2D eigenvalue weighted by molar-refractivity contribution is -0.113. The second-order valence-corrected chi connectivity index (χ2v) is 9.04. The summed E-state index contributed by atoms with van der Waals surface area (Å²) in [6.07, 6.45) is 4.84. The molecule has 0 aliphatic rings. The van der Waals surface area contributed by atoms with E-state index in [1.165, 1.54) is 23.1 Å². The van der Waals surface area contributed by atoms with Crippen molar-refractivity contribution in [1.82, 2.24) is 19.7 Å². The Morgan fingerprint density at radius 3 is 2.77 bits per heavy atom. The summed E-state index contributed by atoms with van der Waals surface area (Å²) in [4.78, 5) is 18.2. The van der Waals surface area contributed by atoms with Crippen molar-refractivity contribution in [1.29, 1.82) is 0 Å². The lowest BCUT2D eigenvalue weighted by atomic mass is 10.1. The number of aryl methyl sites for hydroxylation is 2. The molecule has 0 atom stereocenters. The molecule has 164 valence electrons. The third-order valence-corrected chi connectivity index (χ3v) is 6.45. The number of allylic oxidation sites excluding steroid dienone is 1. The predicted molar refractivity (Wildman–Crippen MR) is 127 cm³/mol. The molecule has 0 aliphatic heterocycles. The number of anilines is 1. The monoisotopic (exact) mass is 457 g/mol. The average Bonchev–Trinajstić information content (AvgIpc) is 3.33. The fourth-order valence-electron chi connectivity index (χ4n) is 3.01. The van der Waals surface area contributed by atoms with E-state index in [-0.39, 0.29) is 11.7 Å². The SMILES string of the molecule is C=CCn1c(CCCC)nnc1SCC(=O)Nc1nc(-c2ccc(OC)cc2)c(C)s1. The van der Waals surface area contributed by atoms with Crippen LogP contribution < -0.4 is 10.1 Å². The molecule has 0 unspecified atom stereocenters. The van der Waals surface area contributed by atoms with Crippen LogP contribution in [0.15, 0.2) is 42.1 Å². The molecule has 0 aliphatic carbocycles. The first-order valence-electron chi connectivity index (χ1n) is 10.1. The van der Waals surface area contributed by atoms with E-state index in [2.05, 4.69) is 34.0 Å². The van der Waals surface area contributed by atoms with Crippen LogP contribution in [-0.4, -0.2) is 38.5 Å². The van der Waals surface area contributed by atoms with Crippen molar-refractivity contribution in [2.45, 2.75) is 44.8 Å². The van der Waals surface area contributed by atoms with Crippen LogP contribution >= 0.6 is 23.1 Å². The highest BCUT2D eigenvalue weighted by Gasteiger charge is 2.15. The van der Waals surface area contributed by atoms with E-state index in [0.29, 0.717) is 11.7 Å². The van der Waals surface area contributed by atoms with Crippen LogP contribution in [0, 0.1) is 6.92 Å². The molecule has 0 saturated carbocycles. The van der Waals surface area contributed by atoms with Gasteiger partial charge in [0, 0.05) is 23.4 Å². The predicted octanol–water partition coefficient (Wildman–Crippen LogP) is 4.98. The Morgan fingerprint density at radius 2 is 2.10 bits per heavy atom. The number of ether oxygens (including phenoxy) is 1. The number of aromatic nitrogens is 4. The zero-order valence-corrected chi connectivity index (χ0v) is 19.7. The zero-order valence-electron chi connectivity index (χ0n) is 18.1. The maximum absolute atomic E-state index is 12.5. The van der Waals surface area contributed by atoms with Crippen LogP contribution in [0.4, 0.5) is 5.13 Å². The van der Waals surface area contributed by atoms with Crippen molar-refractivity contribution in [2.24, 2.45) is 0 Å². The van der Waals surface area contributed by atoms with Gasteiger partial charge < -0.3 is 14.6 Å². The van der Waals surface area contributed by atoms with Crippen LogP contribution in [0.25, 0.3) is 11.3 Å². The van der Waals surface area contributed by atoms with E-state index in [4.69, 9.17) is 4.74 Å². The number of thioether (sulfide) groups is 1. The van der Waals surface area contributed by atoms with Crippen LogP contribution in [0.5, 0.6) is 5.75 Å². The number of hydrogen-bond acceptors (Lipinski definition) is 7. The number of thiazole rings is 1. The highest BCUT2D eigenvalue weighted by molar-refractivity contribution is 7.99. The summed E-state index contributed by atoms with van der Waals surface area (Å²) in [5.74, 6) is 1.84. The minimum atomic E-state index is -0.122. The van der Waals surface area contributed by atoms with Gasteiger partial charge in [0.2, 0.25) is 5.91 Å². The zero-order chi connectivity index (χ0) is 22.2. The van der Waals surface area contributed by atoms with Gasteiger partial charge in [-0.2, -0.15) is 0 Å². The van der Waals surface area contributed by atoms with Gasteiger partial charge in [-0.15, -0.1) is 28.1 Å². The molecule has 3 aromatic rings. The largest absolute Gasteiger partial charge is 0.497 e.